The lowest BCUT2D eigenvalue weighted by atomic mass is 10.2. The Bertz CT molecular complexity index is 515. The SMILES string of the molecule is CC(N)CCNC(=O)CCNC(=O)c1cc(F)ccc1Br.Cl. The van der Waals surface area contributed by atoms with Crippen LogP contribution in [-0.4, -0.2) is 30.9 Å². The van der Waals surface area contributed by atoms with Gasteiger partial charge in [-0.25, -0.2) is 4.39 Å². The van der Waals surface area contributed by atoms with Crippen LogP contribution in [0.15, 0.2) is 22.7 Å². The Balaban J connectivity index is 0.00000441. The van der Waals surface area contributed by atoms with Crippen molar-refractivity contribution < 1.29 is 14.0 Å². The van der Waals surface area contributed by atoms with E-state index in [4.69, 9.17) is 5.73 Å². The number of benzene rings is 1. The second-order valence-electron chi connectivity index (χ2n) is 4.75. The molecule has 124 valence electrons. The predicted octanol–water partition coefficient (Wildman–Crippen LogP) is 1.98. The maximum absolute atomic E-state index is 13.1. The summed E-state index contributed by atoms with van der Waals surface area (Å²) >= 11 is 3.18. The highest BCUT2D eigenvalue weighted by Gasteiger charge is 2.11. The fourth-order valence-corrected chi connectivity index (χ4v) is 2.01. The molecule has 1 rings (SSSR count). The van der Waals surface area contributed by atoms with E-state index in [1.165, 1.54) is 12.1 Å². The number of rotatable bonds is 7. The van der Waals surface area contributed by atoms with Crippen LogP contribution in [0.2, 0.25) is 0 Å². The Morgan fingerprint density at radius 2 is 2.00 bits per heavy atom. The van der Waals surface area contributed by atoms with Gasteiger partial charge in [0.15, 0.2) is 0 Å². The van der Waals surface area contributed by atoms with Crippen LogP contribution in [0.25, 0.3) is 0 Å². The van der Waals surface area contributed by atoms with E-state index in [2.05, 4.69) is 26.6 Å². The largest absolute Gasteiger partial charge is 0.356 e. The molecule has 0 aliphatic rings. The average molecular weight is 397 g/mol. The van der Waals surface area contributed by atoms with E-state index in [-0.39, 0.29) is 42.9 Å². The van der Waals surface area contributed by atoms with Gasteiger partial charge in [-0.15, -0.1) is 12.4 Å². The fourth-order valence-electron chi connectivity index (χ4n) is 1.58. The van der Waals surface area contributed by atoms with Crippen molar-refractivity contribution in [2.45, 2.75) is 25.8 Å². The molecule has 2 amide bonds. The summed E-state index contributed by atoms with van der Waals surface area (Å²) in [5.41, 5.74) is 5.77. The first kappa shape index (κ1) is 20.8. The second kappa shape index (κ2) is 10.5. The Morgan fingerprint density at radius 3 is 2.64 bits per heavy atom. The van der Waals surface area contributed by atoms with Crippen molar-refractivity contribution in [3.8, 4) is 0 Å². The third-order valence-electron chi connectivity index (χ3n) is 2.73. The molecule has 0 radical (unpaired) electrons. The molecular formula is C14H20BrClFN3O2. The smallest absolute Gasteiger partial charge is 0.252 e. The van der Waals surface area contributed by atoms with Crippen LogP contribution in [0.5, 0.6) is 0 Å². The third kappa shape index (κ3) is 7.72. The molecule has 0 aromatic heterocycles. The van der Waals surface area contributed by atoms with Gasteiger partial charge in [-0.3, -0.25) is 9.59 Å². The minimum Gasteiger partial charge on any atom is -0.356 e. The number of amides is 2. The Labute approximate surface area is 143 Å². The lowest BCUT2D eigenvalue weighted by Crippen LogP contribution is -2.32. The van der Waals surface area contributed by atoms with Crippen molar-refractivity contribution in [2.24, 2.45) is 5.73 Å². The van der Waals surface area contributed by atoms with Gasteiger partial charge >= 0.3 is 0 Å². The zero-order valence-electron chi connectivity index (χ0n) is 12.2. The first-order valence-corrected chi connectivity index (χ1v) is 7.45. The molecule has 5 nitrogen and oxygen atoms in total. The molecular weight excluding hydrogens is 377 g/mol. The molecule has 4 N–H and O–H groups in total. The van der Waals surface area contributed by atoms with Gasteiger partial charge in [-0.05, 0) is 47.5 Å². The number of hydrogen-bond donors (Lipinski definition) is 3. The number of nitrogens with two attached hydrogens (primary N) is 1. The van der Waals surface area contributed by atoms with E-state index in [0.717, 1.165) is 6.07 Å². The van der Waals surface area contributed by atoms with E-state index in [0.29, 0.717) is 17.4 Å². The second-order valence-corrected chi connectivity index (χ2v) is 5.60. The van der Waals surface area contributed by atoms with Crippen molar-refractivity contribution in [1.82, 2.24) is 10.6 Å². The first-order chi connectivity index (χ1) is 9.90. The lowest BCUT2D eigenvalue weighted by molar-refractivity contribution is -0.120. The molecule has 1 atom stereocenters. The number of halogens is 3. The fraction of sp³-hybridized carbons (Fsp3) is 0.429. The maximum atomic E-state index is 13.1. The highest BCUT2D eigenvalue weighted by molar-refractivity contribution is 9.10. The first-order valence-electron chi connectivity index (χ1n) is 6.65. The van der Waals surface area contributed by atoms with Crippen LogP contribution in [0.3, 0.4) is 0 Å². The summed E-state index contributed by atoms with van der Waals surface area (Å²) in [6, 6.07) is 3.90. The molecule has 0 aliphatic carbocycles. The normalized spacial score (nSPS) is 11.3. The van der Waals surface area contributed by atoms with Gasteiger partial charge in [-0.1, -0.05) is 0 Å². The molecule has 0 spiro atoms. The topological polar surface area (TPSA) is 84.2 Å². The standard InChI is InChI=1S/C14H19BrFN3O2.ClH/c1-9(17)4-6-18-13(20)5-7-19-14(21)11-8-10(16)2-3-12(11)15;/h2-3,8-9H,4-7,17H2,1H3,(H,18,20)(H,19,21);1H. The van der Waals surface area contributed by atoms with Gasteiger partial charge in [0, 0.05) is 30.0 Å². The Morgan fingerprint density at radius 1 is 1.32 bits per heavy atom. The molecule has 0 bridgehead atoms. The van der Waals surface area contributed by atoms with E-state index in [9.17, 15) is 14.0 Å². The third-order valence-corrected chi connectivity index (χ3v) is 3.42. The van der Waals surface area contributed by atoms with Gasteiger partial charge < -0.3 is 16.4 Å². The van der Waals surface area contributed by atoms with Crippen molar-refractivity contribution in [2.75, 3.05) is 13.1 Å². The van der Waals surface area contributed by atoms with E-state index >= 15 is 0 Å². The van der Waals surface area contributed by atoms with E-state index in [1.54, 1.807) is 0 Å². The minimum atomic E-state index is -0.489. The van der Waals surface area contributed by atoms with Gasteiger partial charge in [-0.2, -0.15) is 0 Å². The molecule has 1 unspecified atom stereocenters. The van der Waals surface area contributed by atoms with Crippen molar-refractivity contribution in [3.63, 3.8) is 0 Å². The van der Waals surface area contributed by atoms with Crippen molar-refractivity contribution in [3.05, 3.63) is 34.1 Å². The Hall–Kier alpha value is -1.18. The molecule has 0 saturated heterocycles. The van der Waals surface area contributed by atoms with Gasteiger partial charge in [0.2, 0.25) is 5.91 Å². The van der Waals surface area contributed by atoms with Crippen LogP contribution in [0, 0.1) is 5.82 Å². The summed E-state index contributed by atoms with van der Waals surface area (Å²) in [4.78, 5) is 23.3. The maximum Gasteiger partial charge on any atom is 0.252 e. The van der Waals surface area contributed by atoms with Gasteiger partial charge in [0.25, 0.3) is 5.91 Å². The quantitative estimate of drug-likeness (QED) is 0.659. The highest BCUT2D eigenvalue weighted by atomic mass is 79.9. The van der Waals surface area contributed by atoms with Crippen molar-refractivity contribution >= 4 is 40.2 Å². The van der Waals surface area contributed by atoms with E-state index < -0.39 is 11.7 Å². The monoisotopic (exact) mass is 395 g/mol. The summed E-state index contributed by atoms with van der Waals surface area (Å²) < 4.78 is 13.6. The van der Waals surface area contributed by atoms with Crippen LogP contribution < -0.4 is 16.4 Å². The summed E-state index contributed by atoms with van der Waals surface area (Å²) in [6.07, 6.45) is 0.867. The zero-order valence-corrected chi connectivity index (χ0v) is 14.6. The van der Waals surface area contributed by atoms with Crippen LogP contribution >= 0.6 is 28.3 Å². The summed E-state index contributed by atoms with van der Waals surface area (Å²) in [6.45, 7) is 2.56. The molecule has 22 heavy (non-hydrogen) atoms. The molecule has 0 fully saturated rings. The lowest BCUT2D eigenvalue weighted by Gasteiger charge is -2.09. The van der Waals surface area contributed by atoms with Gasteiger partial charge in [0.1, 0.15) is 5.82 Å². The van der Waals surface area contributed by atoms with E-state index in [1.807, 2.05) is 6.92 Å². The molecule has 0 aliphatic heterocycles. The summed E-state index contributed by atoms with van der Waals surface area (Å²) in [5.74, 6) is -1.07. The zero-order chi connectivity index (χ0) is 15.8. The van der Waals surface area contributed by atoms with Crippen LogP contribution in [0.4, 0.5) is 4.39 Å². The number of carbonyl (C=O) groups is 2. The highest BCUT2D eigenvalue weighted by Crippen LogP contribution is 2.17. The summed E-state index contributed by atoms with van der Waals surface area (Å²) in [5, 5.41) is 5.28. The number of hydrogen-bond acceptors (Lipinski definition) is 3. The number of nitrogens with one attached hydrogen (secondary N) is 2. The average Bonchev–Trinajstić information content (AvgIpc) is 2.41. The minimum absolute atomic E-state index is 0. The van der Waals surface area contributed by atoms with Crippen LogP contribution in [0.1, 0.15) is 30.1 Å². The molecule has 0 heterocycles. The van der Waals surface area contributed by atoms with Gasteiger partial charge in [0.05, 0.1) is 5.56 Å². The van der Waals surface area contributed by atoms with Crippen molar-refractivity contribution in [1.29, 1.82) is 0 Å². The molecule has 0 saturated carbocycles. The Kier molecular flexibility index (Phi) is 9.97. The predicted molar refractivity (Wildman–Crippen MR) is 89.6 cm³/mol. The molecule has 1 aromatic carbocycles. The number of carbonyl (C=O) groups excluding carboxylic acids is 2. The van der Waals surface area contributed by atoms with Crippen LogP contribution in [-0.2, 0) is 4.79 Å². The molecule has 1 aromatic rings. The molecule has 8 heteroatoms. The summed E-state index contributed by atoms with van der Waals surface area (Å²) in [7, 11) is 0.